The molecular formula is C6H7F2NO4. The van der Waals surface area contributed by atoms with Crippen LogP contribution < -0.4 is 0 Å². The number of nitrogens with zero attached hydrogens (tertiary/aromatic N) is 1. The number of aliphatic carboxylic acids is 1. The van der Waals surface area contributed by atoms with E-state index in [0.29, 0.717) is 0 Å². The van der Waals surface area contributed by atoms with Crippen molar-refractivity contribution in [2.24, 2.45) is 0 Å². The van der Waals surface area contributed by atoms with Gasteiger partial charge in [-0.3, -0.25) is 4.90 Å². The lowest BCUT2D eigenvalue weighted by molar-refractivity contribution is -0.141. The maximum absolute atomic E-state index is 12.6. The summed E-state index contributed by atoms with van der Waals surface area (Å²) in [6.45, 7) is -1.04. The van der Waals surface area contributed by atoms with Crippen molar-refractivity contribution in [3.05, 3.63) is 0 Å². The first-order chi connectivity index (χ1) is 5.83. The van der Waals surface area contributed by atoms with Crippen molar-refractivity contribution in [2.45, 2.75) is 18.4 Å². The molecule has 0 radical (unpaired) electrons. The Morgan fingerprint density at radius 2 is 1.92 bits per heavy atom. The maximum atomic E-state index is 12.6. The number of rotatable bonds is 1. The third-order valence-electron chi connectivity index (χ3n) is 1.80. The topological polar surface area (TPSA) is 77.8 Å². The molecule has 1 rings (SSSR count). The molecule has 0 aromatic heterocycles. The Morgan fingerprint density at radius 3 is 2.23 bits per heavy atom. The average Bonchev–Trinajstić information content (AvgIpc) is 2.26. The van der Waals surface area contributed by atoms with E-state index in [9.17, 15) is 18.4 Å². The van der Waals surface area contributed by atoms with Crippen LogP contribution in [-0.4, -0.2) is 45.7 Å². The highest BCUT2D eigenvalue weighted by atomic mass is 19.3. The molecule has 5 nitrogen and oxygen atoms in total. The predicted molar refractivity (Wildman–Crippen MR) is 35.7 cm³/mol. The van der Waals surface area contributed by atoms with Crippen LogP contribution in [0.15, 0.2) is 0 Å². The summed E-state index contributed by atoms with van der Waals surface area (Å²) in [5.41, 5.74) is 0. The van der Waals surface area contributed by atoms with Gasteiger partial charge in [-0.2, -0.15) is 0 Å². The van der Waals surface area contributed by atoms with Gasteiger partial charge in [0.15, 0.2) is 0 Å². The van der Waals surface area contributed by atoms with Crippen LogP contribution in [-0.2, 0) is 4.79 Å². The van der Waals surface area contributed by atoms with Crippen LogP contribution in [0.2, 0.25) is 0 Å². The van der Waals surface area contributed by atoms with Gasteiger partial charge in [0.1, 0.15) is 6.04 Å². The fourth-order valence-corrected chi connectivity index (χ4v) is 1.24. The van der Waals surface area contributed by atoms with E-state index in [4.69, 9.17) is 10.2 Å². The molecule has 7 heteroatoms. The zero-order chi connectivity index (χ0) is 10.2. The zero-order valence-electron chi connectivity index (χ0n) is 6.41. The van der Waals surface area contributed by atoms with Crippen molar-refractivity contribution in [1.82, 2.24) is 4.90 Å². The van der Waals surface area contributed by atoms with Crippen LogP contribution in [0.3, 0.4) is 0 Å². The largest absolute Gasteiger partial charge is 0.480 e. The normalized spacial score (nSPS) is 26.0. The highest BCUT2D eigenvalue weighted by Gasteiger charge is 2.50. The number of alkyl halides is 2. The first kappa shape index (κ1) is 9.69. The van der Waals surface area contributed by atoms with Gasteiger partial charge in [0.2, 0.25) is 0 Å². The molecule has 1 heterocycles. The molecule has 0 bridgehead atoms. The average molecular weight is 195 g/mol. The second kappa shape index (κ2) is 2.82. The van der Waals surface area contributed by atoms with E-state index in [0.717, 1.165) is 0 Å². The van der Waals surface area contributed by atoms with Crippen LogP contribution >= 0.6 is 0 Å². The second-order valence-corrected chi connectivity index (χ2v) is 2.82. The molecule has 1 amide bonds. The van der Waals surface area contributed by atoms with E-state index < -0.39 is 37.0 Å². The summed E-state index contributed by atoms with van der Waals surface area (Å²) in [5, 5.41) is 16.8. The minimum Gasteiger partial charge on any atom is -0.480 e. The first-order valence-corrected chi connectivity index (χ1v) is 3.44. The fourth-order valence-electron chi connectivity index (χ4n) is 1.24. The molecule has 1 aliphatic heterocycles. The summed E-state index contributed by atoms with van der Waals surface area (Å²) >= 11 is 0. The second-order valence-electron chi connectivity index (χ2n) is 2.82. The van der Waals surface area contributed by atoms with E-state index in [-0.39, 0.29) is 4.90 Å². The number of carboxylic acid groups (broad SMARTS) is 2. The van der Waals surface area contributed by atoms with Crippen molar-refractivity contribution in [3.63, 3.8) is 0 Å². The summed E-state index contributed by atoms with van der Waals surface area (Å²) in [5.74, 6) is -4.78. The van der Waals surface area contributed by atoms with E-state index >= 15 is 0 Å². The minimum absolute atomic E-state index is 0.238. The van der Waals surface area contributed by atoms with Crippen LogP contribution in [0.25, 0.3) is 0 Å². The molecule has 1 atom stereocenters. The Hall–Kier alpha value is -1.40. The van der Waals surface area contributed by atoms with Crippen molar-refractivity contribution in [1.29, 1.82) is 0 Å². The molecule has 0 aromatic carbocycles. The number of halogens is 2. The molecule has 1 saturated heterocycles. The zero-order valence-corrected chi connectivity index (χ0v) is 6.41. The predicted octanol–water partition coefficient (Wildman–Crippen LogP) is 0.459. The van der Waals surface area contributed by atoms with E-state index in [1.165, 1.54) is 0 Å². The fraction of sp³-hybridized carbons (Fsp3) is 0.667. The number of hydrogen-bond donors (Lipinski definition) is 2. The van der Waals surface area contributed by atoms with Gasteiger partial charge in [0.05, 0.1) is 6.54 Å². The number of amides is 1. The third kappa shape index (κ3) is 1.85. The van der Waals surface area contributed by atoms with Crippen molar-refractivity contribution in [3.8, 4) is 0 Å². The highest BCUT2D eigenvalue weighted by molar-refractivity contribution is 5.80. The Morgan fingerprint density at radius 1 is 1.38 bits per heavy atom. The van der Waals surface area contributed by atoms with Gasteiger partial charge in [-0.15, -0.1) is 0 Å². The standard InChI is InChI=1S/C6H7F2NO4/c7-6(8)1-3(4(10)11)9(2-6)5(12)13/h3H,1-2H2,(H,10,11)(H,12,13)/t3-/m1/s1. The molecule has 13 heavy (non-hydrogen) atoms. The molecular weight excluding hydrogens is 188 g/mol. The number of carbonyl (C=O) groups is 2. The summed E-state index contributed by atoms with van der Waals surface area (Å²) < 4.78 is 25.2. The summed E-state index contributed by atoms with van der Waals surface area (Å²) in [4.78, 5) is 20.9. The van der Waals surface area contributed by atoms with Gasteiger partial charge in [-0.05, 0) is 0 Å². The SMILES string of the molecule is O=C(O)[C@H]1CC(F)(F)CN1C(=O)O. The van der Waals surface area contributed by atoms with E-state index in [1.54, 1.807) is 0 Å². The number of likely N-dealkylation sites (tertiary alicyclic amines) is 1. The van der Waals surface area contributed by atoms with Gasteiger partial charge < -0.3 is 10.2 Å². The molecule has 0 aromatic rings. The highest BCUT2D eigenvalue weighted by Crippen LogP contribution is 2.31. The van der Waals surface area contributed by atoms with Crippen molar-refractivity contribution in [2.75, 3.05) is 6.54 Å². The summed E-state index contributed by atoms with van der Waals surface area (Å²) in [6, 6.07) is -1.63. The van der Waals surface area contributed by atoms with E-state index in [2.05, 4.69) is 0 Å². The Balaban J connectivity index is 2.83. The number of hydrogen-bond acceptors (Lipinski definition) is 2. The molecule has 0 spiro atoms. The summed E-state index contributed by atoms with van der Waals surface area (Å²) in [7, 11) is 0. The lowest BCUT2D eigenvalue weighted by Gasteiger charge is -2.15. The molecule has 74 valence electrons. The van der Waals surface area contributed by atoms with Crippen molar-refractivity contribution >= 4 is 12.1 Å². The van der Waals surface area contributed by atoms with Gasteiger partial charge in [0, 0.05) is 6.42 Å². The van der Waals surface area contributed by atoms with Crippen LogP contribution in [0, 0.1) is 0 Å². The molecule has 1 aliphatic rings. The van der Waals surface area contributed by atoms with Gasteiger partial charge in [-0.1, -0.05) is 0 Å². The lowest BCUT2D eigenvalue weighted by atomic mass is 10.2. The minimum atomic E-state index is -3.23. The number of carboxylic acids is 1. The van der Waals surface area contributed by atoms with Crippen LogP contribution in [0.4, 0.5) is 13.6 Å². The van der Waals surface area contributed by atoms with Crippen LogP contribution in [0.1, 0.15) is 6.42 Å². The van der Waals surface area contributed by atoms with Crippen molar-refractivity contribution < 1.29 is 28.6 Å². The van der Waals surface area contributed by atoms with Gasteiger partial charge >= 0.3 is 12.1 Å². The quantitative estimate of drug-likeness (QED) is 0.637. The molecule has 1 fully saturated rings. The Bertz CT molecular complexity index is 231. The van der Waals surface area contributed by atoms with Crippen LogP contribution in [0.5, 0.6) is 0 Å². The van der Waals surface area contributed by atoms with E-state index in [1.807, 2.05) is 0 Å². The monoisotopic (exact) mass is 195 g/mol. The Labute approximate surface area is 71.6 Å². The lowest BCUT2D eigenvalue weighted by Crippen LogP contribution is -2.39. The first-order valence-electron chi connectivity index (χ1n) is 3.44. The summed E-state index contributed by atoms with van der Waals surface area (Å²) in [6.07, 6.45) is -2.58. The Kier molecular flexibility index (Phi) is 2.10. The molecule has 0 saturated carbocycles. The van der Waals surface area contributed by atoms with Gasteiger partial charge in [-0.25, -0.2) is 18.4 Å². The maximum Gasteiger partial charge on any atom is 0.408 e. The molecule has 0 unspecified atom stereocenters. The molecule has 0 aliphatic carbocycles. The molecule has 2 N–H and O–H groups in total. The smallest absolute Gasteiger partial charge is 0.408 e. The van der Waals surface area contributed by atoms with Gasteiger partial charge in [0.25, 0.3) is 5.92 Å². The third-order valence-corrected chi connectivity index (χ3v) is 1.80.